The Bertz CT molecular complexity index is 559. The van der Waals surface area contributed by atoms with Crippen molar-refractivity contribution in [2.24, 2.45) is 0 Å². The van der Waals surface area contributed by atoms with Crippen LogP contribution >= 0.6 is 0 Å². The molecule has 1 amide bonds. The van der Waals surface area contributed by atoms with Crippen molar-refractivity contribution < 1.29 is 9.21 Å². The van der Waals surface area contributed by atoms with Gasteiger partial charge in [-0.15, -0.1) is 0 Å². The van der Waals surface area contributed by atoms with Crippen molar-refractivity contribution in [2.45, 2.75) is 45.6 Å². The van der Waals surface area contributed by atoms with E-state index in [4.69, 9.17) is 4.42 Å². The van der Waals surface area contributed by atoms with Crippen LogP contribution in [0.5, 0.6) is 0 Å². The van der Waals surface area contributed by atoms with Crippen molar-refractivity contribution in [3.05, 3.63) is 42.4 Å². The summed E-state index contributed by atoms with van der Waals surface area (Å²) in [5.74, 6) is 1.41. The van der Waals surface area contributed by atoms with Gasteiger partial charge in [0.05, 0.1) is 6.20 Å². The quantitative estimate of drug-likeness (QED) is 0.846. The van der Waals surface area contributed by atoms with Gasteiger partial charge in [0.1, 0.15) is 0 Å². The first kappa shape index (κ1) is 15.3. The molecule has 0 aliphatic rings. The summed E-state index contributed by atoms with van der Waals surface area (Å²) in [6, 6.07) is 10.1. The van der Waals surface area contributed by atoms with E-state index in [2.05, 4.69) is 24.1 Å². The molecular formula is C17H22N2O2. The van der Waals surface area contributed by atoms with E-state index < -0.39 is 0 Å². The van der Waals surface area contributed by atoms with Crippen LogP contribution < -0.4 is 5.32 Å². The molecule has 0 aliphatic carbocycles. The zero-order chi connectivity index (χ0) is 15.1. The average Bonchev–Trinajstić information content (AvgIpc) is 3.00. The van der Waals surface area contributed by atoms with Crippen LogP contribution in [0.3, 0.4) is 0 Å². The molecule has 0 fully saturated rings. The lowest BCUT2D eigenvalue weighted by atomic mass is 10.1. The summed E-state index contributed by atoms with van der Waals surface area (Å²) in [6.45, 7) is 4.16. The maximum Gasteiger partial charge on any atom is 0.220 e. The highest BCUT2D eigenvalue weighted by atomic mass is 16.4. The topological polar surface area (TPSA) is 55.1 Å². The van der Waals surface area contributed by atoms with Crippen LogP contribution in [0.1, 0.15) is 39.0 Å². The van der Waals surface area contributed by atoms with Gasteiger partial charge < -0.3 is 9.73 Å². The normalized spacial score (nSPS) is 10.8. The second-order valence-corrected chi connectivity index (χ2v) is 5.07. The Morgan fingerprint density at radius 1 is 1.24 bits per heavy atom. The van der Waals surface area contributed by atoms with E-state index in [0.717, 1.165) is 24.2 Å². The standard InChI is InChI=1S/C17H22N2O2/c1-3-14(4-2)19-16(20)10-11-17-18-12-15(21-17)13-8-6-5-7-9-13/h5-9,12,14H,3-4,10-11H2,1-2H3,(H,19,20). The van der Waals surface area contributed by atoms with Gasteiger partial charge in [-0.2, -0.15) is 0 Å². The van der Waals surface area contributed by atoms with Crippen LogP contribution in [-0.4, -0.2) is 16.9 Å². The molecule has 0 aliphatic heterocycles. The second-order valence-electron chi connectivity index (χ2n) is 5.07. The maximum absolute atomic E-state index is 11.8. The monoisotopic (exact) mass is 286 g/mol. The Balaban J connectivity index is 1.87. The lowest BCUT2D eigenvalue weighted by Gasteiger charge is -2.13. The summed E-state index contributed by atoms with van der Waals surface area (Å²) in [5.41, 5.74) is 0.998. The predicted octanol–water partition coefficient (Wildman–Crippen LogP) is 3.58. The van der Waals surface area contributed by atoms with Gasteiger partial charge in [-0.3, -0.25) is 4.79 Å². The van der Waals surface area contributed by atoms with Gasteiger partial charge in [-0.05, 0) is 12.8 Å². The van der Waals surface area contributed by atoms with Crippen molar-refractivity contribution >= 4 is 5.91 Å². The third-order valence-electron chi connectivity index (χ3n) is 3.53. The Morgan fingerprint density at radius 3 is 2.62 bits per heavy atom. The lowest BCUT2D eigenvalue weighted by molar-refractivity contribution is -0.121. The van der Waals surface area contributed by atoms with Gasteiger partial charge in [0.25, 0.3) is 0 Å². The van der Waals surface area contributed by atoms with Crippen LogP contribution in [0.25, 0.3) is 11.3 Å². The molecule has 0 saturated carbocycles. The fourth-order valence-electron chi connectivity index (χ4n) is 2.17. The average molecular weight is 286 g/mol. The number of rotatable bonds is 7. The number of oxazole rings is 1. The van der Waals surface area contributed by atoms with E-state index in [-0.39, 0.29) is 11.9 Å². The zero-order valence-corrected chi connectivity index (χ0v) is 12.6. The number of hydrogen-bond donors (Lipinski definition) is 1. The maximum atomic E-state index is 11.8. The molecule has 2 rings (SSSR count). The van der Waals surface area contributed by atoms with Crippen LogP contribution in [0.4, 0.5) is 0 Å². The first-order valence-corrected chi connectivity index (χ1v) is 7.52. The molecule has 0 atom stereocenters. The SMILES string of the molecule is CCC(CC)NC(=O)CCc1ncc(-c2ccccc2)o1. The van der Waals surface area contributed by atoms with Crippen molar-refractivity contribution in [2.75, 3.05) is 0 Å². The summed E-state index contributed by atoms with van der Waals surface area (Å²) in [4.78, 5) is 16.1. The molecule has 0 saturated heterocycles. The summed E-state index contributed by atoms with van der Waals surface area (Å²) in [6.07, 6.45) is 4.56. The molecule has 4 heteroatoms. The Hall–Kier alpha value is -2.10. The number of carbonyl (C=O) groups is 1. The largest absolute Gasteiger partial charge is 0.441 e. The summed E-state index contributed by atoms with van der Waals surface area (Å²) in [5, 5.41) is 3.02. The third kappa shape index (κ3) is 4.45. The molecule has 2 aromatic rings. The van der Waals surface area contributed by atoms with Gasteiger partial charge in [-0.25, -0.2) is 4.98 Å². The van der Waals surface area contributed by atoms with E-state index in [1.807, 2.05) is 30.3 Å². The number of hydrogen-bond acceptors (Lipinski definition) is 3. The molecule has 1 aromatic heterocycles. The highest BCUT2D eigenvalue weighted by Gasteiger charge is 2.11. The minimum absolute atomic E-state index is 0.0585. The first-order chi connectivity index (χ1) is 10.2. The van der Waals surface area contributed by atoms with Crippen LogP contribution in [0, 0.1) is 0 Å². The lowest BCUT2D eigenvalue weighted by Crippen LogP contribution is -2.33. The summed E-state index contributed by atoms with van der Waals surface area (Å²) >= 11 is 0. The van der Waals surface area contributed by atoms with E-state index in [1.165, 1.54) is 0 Å². The highest BCUT2D eigenvalue weighted by molar-refractivity contribution is 5.76. The van der Waals surface area contributed by atoms with Gasteiger partial charge in [-0.1, -0.05) is 44.2 Å². The van der Waals surface area contributed by atoms with Gasteiger partial charge in [0, 0.05) is 24.4 Å². The van der Waals surface area contributed by atoms with Crippen LogP contribution in [0.15, 0.2) is 40.9 Å². The number of benzene rings is 1. The number of aryl methyl sites for hydroxylation is 1. The van der Waals surface area contributed by atoms with Gasteiger partial charge in [0.2, 0.25) is 5.91 Å². The fourth-order valence-corrected chi connectivity index (χ4v) is 2.17. The molecule has 1 aromatic carbocycles. The fraction of sp³-hybridized carbons (Fsp3) is 0.412. The van der Waals surface area contributed by atoms with Gasteiger partial charge >= 0.3 is 0 Å². The van der Waals surface area contributed by atoms with Crippen LogP contribution in [-0.2, 0) is 11.2 Å². The molecule has 112 valence electrons. The molecular weight excluding hydrogens is 264 g/mol. The van der Waals surface area contributed by atoms with Crippen molar-refractivity contribution in [3.63, 3.8) is 0 Å². The zero-order valence-electron chi connectivity index (χ0n) is 12.6. The second kappa shape index (κ2) is 7.62. The number of amides is 1. The molecule has 21 heavy (non-hydrogen) atoms. The minimum atomic E-state index is 0.0585. The number of nitrogens with one attached hydrogen (secondary N) is 1. The molecule has 1 N–H and O–H groups in total. The van der Waals surface area contributed by atoms with Crippen LogP contribution in [0.2, 0.25) is 0 Å². The third-order valence-corrected chi connectivity index (χ3v) is 3.53. The van der Waals surface area contributed by atoms with Crippen molar-refractivity contribution in [1.82, 2.24) is 10.3 Å². The number of nitrogens with zero attached hydrogens (tertiary/aromatic N) is 1. The van der Waals surface area contributed by atoms with E-state index in [0.29, 0.717) is 18.7 Å². The molecule has 0 radical (unpaired) electrons. The Morgan fingerprint density at radius 2 is 1.95 bits per heavy atom. The molecule has 0 bridgehead atoms. The molecule has 4 nitrogen and oxygen atoms in total. The molecule has 0 unspecified atom stereocenters. The van der Waals surface area contributed by atoms with E-state index in [9.17, 15) is 4.79 Å². The number of carbonyl (C=O) groups excluding carboxylic acids is 1. The first-order valence-electron chi connectivity index (χ1n) is 7.52. The summed E-state index contributed by atoms with van der Waals surface area (Å²) < 4.78 is 5.69. The molecule has 0 spiro atoms. The van der Waals surface area contributed by atoms with Gasteiger partial charge in [0.15, 0.2) is 11.7 Å². The Labute approximate surface area is 125 Å². The smallest absolute Gasteiger partial charge is 0.220 e. The van der Waals surface area contributed by atoms with Crippen molar-refractivity contribution in [1.29, 1.82) is 0 Å². The van der Waals surface area contributed by atoms with Crippen molar-refractivity contribution in [3.8, 4) is 11.3 Å². The highest BCUT2D eigenvalue weighted by Crippen LogP contribution is 2.20. The minimum Gasteiger partial charge on any atom is -0.441 e. The Kier molecular flexibility index (Phi) is 5.55. The predicted molar refractivity (Wildman–Crippen MR) is 82.8 cm³/mol. The molecule has 1 heterocycles. The summed E-state index contributed by atoms with van der Waals surface area (Å²) in [7, 11) is 0. The van der Waals surface area contributed by atoms with E-state index in [1.54, 1.807) is 6.20 Å². The van der Waals surface area contributed by atoms with E-state index >= 15 is 0 Å². The number of aromatic nitrogens is 1.